The van der Waals surface area contributed by atoms with Crippen LogP contribution in [0.5, 0.6) is 0 Å². The Morgan fingerprint density at radius 2 is 1.96 bits per heavy atom. The molecule has 1 aliphatic heterocycles. The fourth-order valence-electron chi connectivity index (χ4n) is 3.65. The van der Waals surface area contributed by atoms with Gasteiger partial charge >= 0.3 is 5.97 Å². The van der Waals surface area contributed by atoms with Crippen LogP contribution in [0.3, 0.4) is 0 Å². The normalized spacial score (nSPS) is 26.2. The van der Waals surface area contributed by atoms with Gasteiger partial charge in [0.2, 0.25) is 5.91 Å². The quantitative estimate of drug-likeness (QED) is 0.630. The third-order valence-electron chi connectivity index (χ3n) is 4.81. The zero-order chi connectivity index (χ0) is 18.3. The summed E-state index contributed by atoms with van der Waals surface area (Å²) in [4.78, 5) is 37.3. The SMILES string of the molecule is COC(=O)[C@H]1C(=O)C2=C(C[C@@H]1C)NC(=O)C[C@H]2c1cccc(Cl)c1Cl. The molecule has 1 heterocycles. The van der Waals surface area contributed by atoms with Crippen LogP contribution in [0.25, 0.3) is 0 Å². The van der Waals surface area contributed by atoms with Crippen LogP contribution in [0, 0.1) is 11.8 Å². The molecule has 132 valence electrons. The standard InChI is InChI=1S/C18H17Cl2NO4/c1-8-6-12-15(17(23)14(8)18(24)25-2)10(7-13(22)21-12)9-4-3-5-11(19)16(9)20/h3-5,8,10,14H,6-7H2,1-2H3,(H,21,22)/t8-,10-,14+/m0/s1. The molecule has 1 aliphatic carbocycles. The number of carbonyl (C=O) groups excluding carboxylic acids is 3. The second kappa shape index (κ2) is 6.81. The van der Waals surface area contributed by atoms with Crippen LogP contribution >= 0.6 is 23.2 Å². The van der Waals surface area contributed by atoms with Crippen molar-refractivity contribution in [1.29, 1.82) is 0 Å². The highest BCUT2D eigenvalue weighted by Crippen LogP contribution is 2.44. The second-order valence-electron chi connectivity index (χ2n) is 6.39. The minimum absolute atomic E-state index is 0.0763. The molecule has 1 amide bonds. The molecular formula is C18H17Cl2NO4. The molecule has 5 nitrogen and oxygen atoms in total. The second-order valence-corrected chi connectivity index (χ2v) is 7.17. The predicted octanol–water partition coefficient (Wildman–Crippen LogP) is 3.25. The molecule has 0 unspecified atom stereocenters. The molecule has 3 rings (SSSR count). The van der Waals surface area contributed by atoms with Gasteiger partial charge in [-0.3, -0.25) is 14.4 Å². The number of allylic oxidation sites excluding steroid dienone is 2. The molecule has 2 aliphatic rings. The molecule has 0 saturated heterocycles. The van der Waals surface area contributed by atoms with Gasteiger partial charge in [-0.05, 0) is 24.0 Å². The summed E-state index contributed by atoms with van der Waals surface area (Å²) >= 11 is 12.4. The molecule has 7 heteroatoms. The average Bonchev–Trinajstić information content (AvgIpc) is 2.56. The third kappa shape index (κ3) is 3.07. The first-order valence-electron chi connectivity index (χ1n) is 7.94. The highest BCUT2D eigenvalue weighted by Gasteiger charge is 2.45. The van der Waals surface area contributed by atoms with Crippen molar-refractivity contribution in [3.05, 3.63) is 45.1 Å². The first-order chi connectivity index (χ1) is 11.8. The van der Waals surface area contributed by atoms with Gasteiger partial charge in [-0.25, -0.2) is 0 Å². The number of Topliss-reactive ketones (excluding diaryl/α,β-unsaturated/α-hetero) is 1. The number of methoxy groups -OCH3 is 1. The highest BCUT2D eigenvalue weighted by atomic mass is 35.5. The van der Waals surface area contributed by atoms with Gasteiger partial charge in [0.05, 0.1) is 17.2 Å². The van der Waals surface area contributed by atoms with E-state index in [1.807, 2.05) is 0 Å². The first-order valence-corrected chi connectivity index (χ1v) is 8.69. The maximum atomic E-state index is 13.1. The van der Waals surface area contributed by atoms with Gasteiger partial charge in [0.1, 0.15) is 5.92 Å². The van der Waals surface area contributed by atoms with Crippen molar-refractivity contribution < 1.29 is 19.1 Å². The van der Waals surface area contributed by atoms with Crippen molar-refractivity contribution in [3.63, 3.8) is 0 Å². The van der Waals surface area contributed by atoms with E-state index < -0.39 is 17.8 Å². The zero-order valence-electron chi connectivity index (χ0n) is 13.8. The monoisotopic (exact) mass is 381 g/mol. The summed E-state index contributed by atoms with van der Waals surface area (Å²) in [5, 5.41) is 3.45. The minimum atomic E-state index is -0.876. The van der Waals surface area contributed by atoms with Crippen molar-refractivity contribution in [2.24, 2.45) is 11.8 Å². The van der Waals surface area contributed by atoms with Gasteiger partial charge in [0.25, 0.3) is 0 Å². The molecule has 0 aromatic heterocycles. The molecule has 1 aromatic rings. The Balaban J connectivity index is 2.12. The molecular weight excluding hydrogens is 365 g/mol. The fourth-order valence-corrected chi connectivity index (χ4v) is 4.09. The summed E-state index contributed by atoms with van der Waals surface area (Å²) in [5.74, 6) is -2.72. The number of ether oxygens (including phenoxy) is 1. The number of benzene rings is 1. The lowest BCUT2D eigenvalue weighted by molar-refractivity contribution is -0.151. The van der Waals surface area contributed by atoms with Gasteiger partial charge in [-0.2, -0.15) is 0 Å². The Labute approximate surface area is 155 Å². The van der Waals surface area contributed by atoms with Crippen LogP contribution in [0.2, 0.25) is 10.0 Å². The van der Waals surface area contributed by atoms with Gasteiger partial charge in [-0.15, -0.1) is 0 Å². The summed E-state index contributed by atoms with van der Waals surface area (Å²) in [6.07, 6.45) is 0.494. The van der Waals surface area contributed by atoms with Gasteiger partial charge in [0, 0.05) is 23.6 Å². The first kappa shape index (κ1) is 18.0. The fraction of sp³-hybridized carbons (Fsp3) is 0.389. The number of nitrogens with one attached hydrogen (secondary N) is 1. The van der Waals surface area contributed by atoms with Crippen molar-refractivity contribution in [3.8, 4) is 0 Å². The molecule has 0 radical (unpaired) electrons. The smallest absolute Gasteiger partial charge is 0.316 e. The molecule has 3 atom stereocenters. The lowest BCUT2D eigenvalue weighted by Gasteiger charge is -2.36. The van der Waals surface area contributed by atoms with E-state index in [-0.39, 0.29) is 24.0 Å². The Morgan fingerprint density at radius 3 is 2.64 bits per heavy atom. The summed E-state index contributed by atoms with van der Waals surface area (Å²) < 4.78 is 4.80. The zero-order valence-corrected chi connectivity index (χ0v) is 15.3. The Morgan fingerprint density at radius 1 is 1.24 bits per heavy atom. The number of hydrogen-bond donors (Lipinski definition) is 1. The molecule has 0 spiro atoms. The summed E-state index contributed by atoms with van der Waals surface area (Å²) in [6.45, 7) is 1.80. The van der Waals surface area contributed by atoms with Crippen molar-refractivity contribution >= 4 is 40.9 Å². The third-order valence-corrected chi connectivity index (χ3v) is 5.64. The Hall–Kier alpha value is -1.85. The number of hydrogen-bond acceptors (Lipinski definition) is 4. The van der Waals surface area contributed by atoms with E-state index in [9.17, 15) is 14.4 Å². The lowest BCUT2D eigenvalue weighted by atomic mass is 9.70. The van der Waals surface area contributed by atoms with E-state index in [0.29, 0.717) is 33.3 Å². The molecule has 1 aromatic carbocycles. The maximum absolute atomic E-state index is 13.1. The van der Waals surface area contributed by atoms with E-state index in [1.165, 1.54) is 7.11 Å². The topological polar surface area (TPSA) is 72.5 Å². The number of amides is 1. The van der Waals surface area contributed by atoms with Crippen LogP contribution in [0.15, 0.2) is 29.5 Å². The number of esters is 1. The van der Waals surface area contributed by atoms with Gasteiger partial charge in [-0.1, -0.05) is 42.3 Å². The van der Waals surface area contributed by atoms with E-state index in [1.54, 1.807) is 25.1 Å². The summed E-state index contributed by atoms with van der Waals surface area (Å²) in [5.41, 5.74) is 1.61. The van der Waals surface area contributed by atoms with Gasteiger partial charge in [0.15, 0.2) is 5.78 Å². The predicted molar refractivity (Wildman–Crippen MR) is 93.3 cm³/mol. The van der Waals surface area contributed by atoms with Crippen molar-refractivity contribution in [2.45, 2.75) is 25.7 Å². The highest BCUT2D eigenvalue weighted by molar-refractivity contribution is 6.42. The largest absolute Gasteiger partial charge is 0.468 e. The Bertz CT molecular complexity index is 802. The van der Waals surface area contributed by atoms with E-state index in [2.05, 4.69) is 5.32 Å². The molecule has 0 bridgehead atoms. The number of halogens is 2. The minimum Gasteiger partial charge on any atom is -0.468 e. The number of carbonyl (C=O) groups is 3. The van der Waals surface area contributed by atoms with Crippen LogP contribution in [-0.2, 0) is 19.1 Å². The van der Waals surface area contributed by atoms with Crippen molar-refractivity contribution in [1.82, 2.24) is 5.32 Å². The number of ketones is 1. The summed E-state index contributed by atoms with van der Waals surface area (Å²) in [6, 6.07) is 5.12. The Kier molecular flexibility index (Phi) is 4.89. The molecule has 25 heavy (non-hydrogen) atoms. The number of rotatable bonds is 2. The molecule has 1 N–H and O–H groups in total. The summed E-state index contributed by atoms with van der Waals surface area (Å²) in [7, 11) is 1.26. The van der Waals surface area contributed by atoms with Crippen LogP contribution < -0.4 is 5.32 Å². The van der Waals surface area contributed by atoms with Crippen LogP contribution in [0.1, 0.15) is 31.2 Å². The van der Waals surface area contributed by atoms with Crippen molar-refractivity contribution in [2.75, 3.05) is 7.11 Å². The van der Waals surface area contributed by atoms with E-state index in [4.69, 9.17) is 27.9 Å². The van der Waals surface area contributed by atoms with E-state index in [0.717, 1.165) is 0 Å². The van der Waals surface area contributed by atoms with Crippen LogP contribution in [0.4, 0.5) is 0 Å². The van der Waals surface area contributed by atoms with Crippen LogP contribution in [-0.4, -0.2) is 24.8 Å². The van der Waals surface area contributed by atoms with E-state index >= 15 is 0 Å². The molecule has 0 fully saturated rings. The maximum Gasteiger partial charge on any atom is 0.316 e. The average molecular weight is 382 g/mol. The van der Waals surface area contributed by atoms with Gasteiger partial charge < -0.3 is 10.1 Å². The lowest BCUT2D eigenvalue weighted by Crippen LogP contribution is -2.44. The molecule has 0 saturated carbocycles.